The van der Waals surface area contributed by atoms with Gasteiger partial charge in [-0.3, -0.25) is 4.79 Å². The highest BCUT2D eigenvalue weighted by molar-refractivity contribution is 9.10. The van der Waals surface area contributed by atoms with Gasteiger partial charge in [0.25, 0.3) is 0 Å². The third kappa shape index (κ3) is 4.21. The van der Waals surface area contributed by atoms with Gasteiger partial charge in [0.15, 0.2) is 0 Å². The van der Waals surface area contributed by atoms with Gasteiger partial charge in [-0.2, -0.15) is 0 Å². The SMILES string of the molecule is O=C(Nc1ccc2c3c(cccc13)CC2)C1CCN(S(=O)(=O)Cc2ccc(Br)cc2)CC1. The van der Waals surface area contributed by atoms with Crippen molar-refractivity contribution in [3.8, 4) is 0 Å². The van der Waals surface area contributed by atoms with E-state index >= 15 is 0 Å². The minimum atomic E-state index is -3.40. The highest BCUT2D eigenvalue weighted by Gasteiger charge is 2.31. The molecule has 0 radical (unpaired) electrons. The summed E-state index contributed by atoms with van der Waals surface area (Å²) in [6.07, 6.45) is 3.17. The maximum Gasteiger partial charge on any atom is 0.227 e. The molecule has 1 aliphatic carbocycles. The van der Waals surface area contributed by atoms with Crippen molar-refractivity contribution in [2.45, 2.75) is 31.4 Å². The first kappa shape index (κ1) is 21.6. The summed E-state index contributed by atoms with van der Waals surface area (Å²) in [4.78, 5) is 13.0. The van der Waals surface area contributed by atoms with E-state index in [4.69, 9.17) is 0 Å². The molecule has 32 heavy (non-hydrogen) atoms. The van der Waals surface area contributed by atoms with Crippen LogP contribution in [0.4, 0.5) is 5.69 Å². The highest BCUT2D eigenvalue weighted by Crippen LogP contribution is 2.35. The lowest BCUT2D eigenvalue weighted by molar-refractivity contribution is -0.120. The zero-order chi connectivity index (χ0) is 22.3. The number of rotatable bonds is 5. The normalized spacial score (nSPS) is 17.0. The van der Waals surface area contributed by atoms with Crippen LogP contribution in [0.25, 0.3) is 10.8 Å². The molecule has 5 rings (SSSR count). The van der Waals surface area contributed by atoms with Gasteiger partial charge in [0, 0.05) is 34.6 Å². The van der Waals surface area contributed by atoms with Crippen LogP contribution in [0.2, 0.25) is 0 Å². The first-order valence-corrected chi connectivity index (χ1v) is 13.4. The highest BCUT2D eigenvalue weighted by atomic mass is 79.9. The molecular formula is C25H25BrN2O3S. The van der Waals surface area contributed by atoms with Gasteiger partial charge in [0.05, 0.1) is 5.75 Å². The minimum Gasteiger partial charge on any atom is -0.325 e. The molecule has 0 bridgehead atoms. The monoisotopic (exact) mass is 512 g/mol. The first-order chi connectivity index (χ1) is 15.4. The number of piperidine rings is 1. The van der Waals surface area contributed by atoms with Crippen LogP contribution >= 0.6 is 15.9 Å². The van der Waals surface area contributed by atoms with Crippen LogP contribution in [0.3, 0.4) is 0 Å². The molecule has 3 aromatic carbocycles. The van der Waals surface area contributed by atoms with E-state index in [2.05, 4.69) is 45.5 Å². The number of hydrogen-bond acceptors (Lipinski definition) is 3. The van der Waals surface area contributed by atoms with Gasteiger partial charge in [-0.15, -0.1) is 0 Å². The lowest BCUT2D eigenvalue weighted by Gasteiger charge is -2.30. The Morgan fingerprint density at radius 1 is 0.969 bits per heavy atom. The zero-order valence-corrected chi connectivity index (χ0v) is 20.1. The fourth-order valence-corrected chi connectivity index (χ4v) is 6.70. The number of benzene rings is 3. The molecule has 1 fully saturated rings. The van der Waals surface area contributed by atoms with Crippen molar-refractivity contribution in [3.05, 3.63) is 75.8 Å². The molecule has 1 aliphatic heterocycles. The van der Waals surface area contributed by atoms with Crippen LogP contribution in [-0.4, -0.2) is 31.7 Å². The second-order valence-corrected chi connectivity index (χ2v) is 11.5. The fourth-order valence-electron chi connectivity index (χ4n) is 4.87. The second-order valence-electron chi connectivity index (χ2n) is 8.66. The van der Waals surface area contributed by atoms with Gasteiger partial charge in [-0.1, -0.05) is 52.3 Å². The molecule has 1 N–H and O–H groups in total. The number of anilines is 1. The number of nitrogens with zero attached hydrogens (tertiary/aromatic N) is 1. The van der Waals surface area contributed by atoms with Gasteiger partial charge < -0.3 is 5.32 Å². The molecule has 166 valence electrons. The predicted molar refractivity (Wildman–Crippen MR) is 131 cm³/mol. The van der Waals surface area contributed by atoms with E-state index in [1.54, 1.807) is 0 Å². The van der Waals surface area contributed by atoms with Gasteiger partial charge in [0.1, 0.15) is 0 Å². The van der Waals surface area contributed by atoms with E-state index in [-0.39, 0.29) is 17.6 Å². The molecular weight excluding hydrogens is 488 g/mol. The van der Waals surface area contributed by atoms with Crippen molar-refractivity contribution in [1.29, 1.82) is 0 Å². The van der Waals surface area contributed by atoms with Crippen LogP contribution in [0.5, 0.6) is 0 Å². The molecule has 1 amide bonds. The van der Waals surface area contributed by atoms with Gasteiger partial charge in [0.2, 0.25) is 15.9 Å². The quantitative estimate of drug-likeness (QED) is 0.529. The fraction of sp³-hybridized carbons (Fsp3) is 0.320. The number of aryl methyl sites for hydroxylation is 2. The van der Waals surface area contributed by atoms with Crippen molar-refractivity contribution < 1.29 is 13.2 Å². The van der Waals surface area contributed by atoms with Crippen LogP contribution in [0, 0.1) is 5.92 Å². The average Bonchev–Trinajstić information content (AvgIpc) is 3.22. The number of halogens is 1. The summed E-state index contributed by atoms with van der Waals surface area (Å²) in [5.41, 5.74) is 4.30. The Hall–Kier alpha value is -2.22. The topological polar surface area (TPSA) is 66.5 Å². The standard InChI is InChI=1S/C25H25BrN2O3S/c26-21-9-4-17(5-10-21)16-32(30,31)28-14-12-20(13-15-28)25(29)27-23-11-8-19-7-6-18-2-1-3-22(23)24(18)19/h1-5,8-11,20H,6-7,12-16H2,(H,27,29). The van der Waals surface area contributed by atoms with E-state index in [1.807, 2.05) is 30.3 Å². The maximum atomic E-state index is 13.0. The average molecular weight is 513 g/mol. The molecule has 1 heterocycles. The number of carbonyl (C=O) groups excluding carboxylic acids is 1. The first-order valence-electron chi connectivity index (χ1n) is 11.0. The number of amides is 1. The summed E-state index contributed by atoms with van der Waals surface area (Å²) >= 11 is 3.37. The third-order valence-electron chi connectivity index (χ3n) is 6.62. The van der Waals surface area contributed by atoms with Gasteiger partial charge >= 0.3 is 0 Å². The second kappa shape index (κ2) is 8.61. The summed E-state index contributed by atoms with van der Waals surface area (Å²) in [7, 11) is -3.40. The Morgan fingerprint density at radius 2 is 1.66 bits per heavy atom. The Kier molecular flexibility index (Phi) is 5.82. The van der Waals surface area contributed by atoms with Gasteiger partial charge in [-0.05, 0) is 66.0 Å². The summed E-state index contributed by atoms with van der Waals surface area (Å²) in [6, 6.07) is 17.7. The summed E-state index contributed by atoms with van der Waals surface area (Å²) < 4.78 is 28.1. The van der Waals surface area contributed by atoms with Crippen molar-refractivity contribution in [3.63, 3.8) is 0 Å². The Balaban J connectivity index is 1.24. The Morgan fingerprint density at radius 3 is 2.38 bits per heavy atom. The van der Waals surface area contributed by atoms with Crippen molar-refractivity contribution in [1.82, 2.24) is 4.31 Å². The van der Waals surface area contributed by atoms with E-state index in [0.29, 0.717) is 25.9 Å². The lowest BCUT2D eigenvalue weighted by Crippen LogP contribution is -2.41. The third-order valence-corrected chi connectivity index (χ3v) is 8.99. The largest absolute Gasteiger partial charge is 0.325 e. The molecule has 0 atom stereocenters. The molecule has 0 saturated carbocycles. The number of sulfonamides is 1. The smallest absolute Gasteiger partial charge is 0.227 e. The maximum absolute atomic E-state index is 13.0. The molecule has 1 saturated heterocycles. The summed E-state index contributed by atoms with van der Waals surface area (Å²) in [6.45, 7) is 0.752. The molecule has 0 spiro atoms. The Bertz CT molecular complexity index is 1270. The van der Waals surface area contributed by atoms with Crippen LogP contribution < -0.4 is 5.32 Å². The zero-order valence-electron chi connectivity index (χ0n) is 17.7. The van der Waals surface area contributed by atoms with Crippen molar-refractivity contribution >= 4 is 48.3 Å². The van der Waals surface area contributed by atoms with Crippen LogP contribution in [0.15, 0.2) is 59.1 Å². The minimum absolute atomic E-state index is 0.0161. The summed E-state index contributed by atoms with van der Waals surface area (Å²) in [5.74, 6) is -0.219. The predicted octanol–water partition coefficient (Wildman–Crippen LogP) is 4.88. The van der Waals surface area contributed by atoms with E-state index in [1.165, 1.54) is 20.8 Å². The lowest BCUT2D eigenvalue weighted by atomic mass is 9.96. The molecule has 7 heteroatoms. The van der Waals surface area contributed by atoms with Gasteiger partial charge in [-0.25, -0.2) is 12.7 Å². The number of nitrogens with one attached hydrogen (secondary N) is 1. The van der Waals surface area contributed by atoms with E-state index in [0.717, 1.165) is 34.0 Å². The molecule has 2 aliphatic rings. The van der Waals surface area contributed by atoms with Crippen molar-refractivity contribution in [2.24, 2.45) is 5.92 Å². The summed E-state index contributed by atoms with van der Waals surface area (Å²) in [5, 5.41) is 5.50. The Labute approximate surface area is 197 Å². The van der Waals surface area contributed by atoms with Crippen molar-refractivity contribution in [2.75, 3.05) is 18.4 Å². The van der Waals surface area contributed by atoms with Crippen LogP contribution in [0.1, 0.15) is 29.5 Å². The molecule has 5 nitrogen and oxygen atoms in total. The van der Waals surface area contributed by atoms with E-state index in [9.17, 15) is 13.2 Å². The number of hydrogen-bond donors (Lipinski definition) is 1. The van der Waals surface area contributed by atoms with Crippen LogP contribution in [-0.2, 0) is 33.4 Å². The van der Waals surface area contributed by atoms with E-state index < -0.39 is 10.0 Å². The molecule has 0 unspecified atom stereocenters. The molecule has 3 aromatic rings. The molecule has 0 aromatic heterocycles. The number of carbonyl (C=O) groups is 1.